The summed E-state index contributed by atoms with van der Waals surface area (Å²) in [5.74, 6) is 1.75. The van der Waals surface area contributed by atoms with Crippen LogP contribution in [0.3, 0.4) is 0 Å². The maximum absolute atomic E-state index is 13.0. The van der Waals surface area contributed by atoms with Gasteiger partial charge in [-0.15, -0.1) is 6.58 Å². The van der Waals surface area contributed by atoms with Gasteiger partial charge < -0.3 is 18.9 Å². The molecule has 0 aliphatic carbocycles. The molecule has 0 saturated heterocycles. The molecule has 0 unspecified atom stereocenters. The molecule has 0 amide bonds. The van der Waals surface area contributed by atoms with Gasteiger partial charge in [0.25, 0.3) is 0 Å². The highest BCUT2D eigenvalue weighted by Gasteiger charge is 2.49. The first-order valence-corrected chi connectivity index (χ1v) is 8.71. The third kappa shape index (κ3) is 3.14. The van der Waals surface area contributed by atoms with Gasteiger partial charge in [-0.2, -0.15) is 0 Å². The van der Waals surface area contributed by atoms with E-state index < -0.39 is 5.41 Å². The Hall–Kier alpha value is -2.95. The van der Waals surface area contributed by atoms with Crippen molar-refractivity contribution in [3.63, 3.8) is 0 Å². The van der Waals surface area contributed by atoms with Crippen molar-refractivity contribution in [2.45, 2.75) is 19.3 Å². The van der Waals surface area contributed by atoms with E-state index in [1.165, 1.54) is 0 Å². The molecule has 0 spiro atoms. The number of rotatable bonds is 6. The van der Waals surface area contributed by atoms with Crippen LogP contribution in [0.2, 0.25) is 0 Å². The number of benzene rings is 2. The molecule has 27 heavy (non-hydrogen) atoms. The van der Waals surface area contributed by atoms with Crippen molar-refractivity contribution in [1.82, 2.24) is 0 Å². The van der Waals surface area contributed by atoms with E-state index in [1.807, 2.05) is 31.2 Å². The first-order chi connectivity index (χ1) is 13.0. The number of fused-ring (bicyclic) bond motifs is 1. The summed E-state index contributed by atoms with van der Waals surface area (Å²) in [6.45, 7) is 5.74. The maximum atomic E-state index is 13.0. The van der Waals surface area contributed by atoms with Crippen molar-refractivity contribution in [3.8, 4) is 23.0 Å². The average molecular weight is 368 g/mol. The lowest BCUT2D eigenvalue weighted by Gasteiger charge is -2.40. The predicted octanol–water partition coefficient (Wildman–Crippen LogP) is 4.35. The summed E-state index contributed by atoms with van der Waals surface area (Å²) < 4.78 is 22.1. The summed E-state index contributed by atoms with van der Waals surface area (Å²) in [6, 6.07) is 11.2. The predicted molar refractivity (Wildman–Crippen MR) is 103 cm³/mol. The normalized spacial score (nSPS) is 21.0. The van der Waals surface area contributed by atoms with Gasteiger partial charge in [-0.05, 0) is 31.0 Å². The first kappa shape index (κ1) is 18.8. The second-order valence-corrected chi connectivity index (χ2v) is 6.75. The van der Waals surface area contributed by atoms with Gasteiger partial charge in [0.1, 0.15) is 23.0 Å². The van der Waals surface area contributed by atoms with Crippen LogP contribution in [0.25, 0.3) is 0 Å². The number of esters is 1. The molecule has 5 heteroatoms. The van der Waals surface area contributed by atoms with E-state index in [9.17, 15) is 4.79 Å². The van der Waals surface area contributed by atoms with Gasteiger partial charge >= 0.3 is 5.97 Å². The summed E-state index contributed by atoms with van der Waals surface area (Å²) in [4.78, 5) is 13.0. The van der Waals surface area contributed by atoms with Crippen LogP contribution in [0.1, 0.15) is 30.4 Å². The molecule has 2 atom stereocenters. The average Bonchev–Trinajstić information content (AvgIpc) is 2.68. The Balaban J connectivity index is 2.31. The third-order valence-corrected chi connectivity index (χ3v) is 5.12. The lowest BCUT2D eigenvalue weighted by atomic mass is 9.66. The summed E-state index contributed by atoms with van der Waals surface area (Å²) in [5.41, 5.74) is 0.929. The zero-order valence-corrected chi connectivity index (χ0v) is 16.1. The van der Waals surface area contributed by atoms with E-state index in [2.05, 4.69) is 6.58 Å². The number of hydrogen-bond donors (Lipinski definition) is 0. The maximum Gasteiger partial charge on any atom is 0.318 e. The minimum Gasteiger partial charge on any atom is -0.497 e. The third-order valence-electron chi connectivity index (χ3n) is 5.12. The molecule has 1 heterocycles. The monoisotopic (exact) mass is 368 g/mol. The molecular weight excluding hydrogens is 344 g/mol. The van der Waals surface area contributed by atoms with Crippen LogP contribution in [-0.4, -0.2) is 27.3 Å². The lowest BCUT2D eigenvalue weighted by Crippen LogP contribution is -2.42. The van der Waals surface area contributed by atoms with Crippen molar-refractivity contribution in [2.75, 3.05) is 21.3 Å². The van der Waals surface area contributed by atoms with Gasteiger partial charge in [0, 0.05) is 23.6 Å². The molecule has 3 rings (SSSR count). The molecule has 2 aromatic rings. The van der Waals surface area contributed by atoms with E-state index in [4.69, 9.17) is 18.9 Å². The highest BCUT2D eigenvalue weighted by molar-refractivity contribution is 5.85. The molecule has 0 N–H and O–H groups in total. The molecule has 2 aromatic carbocycles. The smallest absolute Gasteiger partial charge is 0.318 e. The number of carbonyl (C=O) groups is 1. The zero-order valence-electron chi connectivity index (χ0n) is 16.1. The fraction of sp³-hybridized carbons (Fsp3) is 0.318. The first-order valence-electron chi connectivity index (χ1n) is 8.71. The minimum absolute atomic E-state index is 0.289. The summed E-state index contributed by atoms with van der Waals surface area (Å²) in [6.07, 6.45) is 2.21. The summed E-state index contributed by atoms with van der Waals surface area (Å²) in [7, 11) is 4.78. The van der Waals surface area contributed by atoms with Crippen LogP contribution in [0.15, 0.2) is 49.1 Å². The quantitative estimate of drug-likeness (QED) is 0.431. The fourth-order valence-electron chi connectivity index (χ4n) is 3.74. The van der Waals surface area contributed by atoms with E-state index in [0.717, 1.165) is 16.9 Å². The van der Waals surface area contributed by atoms with E-state index >= 15 is 0 Å². The fourth-order valence-corrected chi connectivity index (χ4v) is 3.74. The van der Waals surface area contributed by atoms with Crippen molar-refractivity contribution >= 4 is 5.97 Å². The molecule has 5 nitrogen and oxygen atoms in total. The molecule has 1 aliphatic rings. The molecule has 142 valence electrons. The van der Waals surface area contributed by atoms with Crippen molar-refractivity contribution in [1.29, 1.82) is 0 Å². The van der Waals surface area contributed by atoms with Crippen LogP contribution in [0.5, 0.6) is 23.0 Å². The summed E-state index contributed by atoms with van der Waals surface area (Å²) >= 11 is 0. The SMILES string of the molecule is C=CC[C@]1(C)C(=O)Oc2cc(OC)cc(OC)c2[C@H]1c1cccc(OC)c1. The Kier molecular flexibility index (Phi) is 5.13. The molecule has 0 aromatic heterocycles. The lowest BCUT2D eigenvalue weighted by molar-refractivity contribution is -0.147. The topological polar surface area (TPSA) is 54.0 Å². The Morgan fingerprint density at radius 2 is 1.85 bits per heavy atom. The van der Waals surface area contributed by atoms with Gasteiger partial charge in [0.15, 0.2) is 0 Å². The number of carbonyl (C=O) groups excluding carboxylic acids is 1. The van der Waals surface area contributed by atoms with Crippen LogP contribution in [0.4, 0.5) is 0 Å². The Morgan fingerprint density at radius 1 is 1.11 bits per heavy atom. The summed E-state index contributed by atoms with van der Waals surface area (Å²) in [5, 5.41) is 0. The van der Waals surface area contributed by atoms with E-state index in [0.29, 0.717) is 23.7 Å². The molecule has 0 radical (unpaired) electrons. The van der Waals surface area contributed by atoms with Gasteiger partial charge in [-0.25, -0.2) is 0 Å². The van der Waals surface area contributed by atoms with Gasteiger partial charge in [0.05, 0.1) is 26.7 Å². The second-order valence-electron chi connectivity index (χ2n) is 6.75. The Labute approximate surface area is 159 Å². The minimum atomic E-state index is -0.830. The molecular formula is C22H24O5. The van der Waals surface area contributed by atoms with Gasteiger partial charge in [0.2, 0.25) is 0 Å². The highest BCUT2D eigenvalue weighted by atomic mass is 16.5. The largest absolute Gasteiger partial charge is 0.497 e. The van der Waals surface area contributed by atoms with Crippen LogP contribution in [0, 0.1) is 5.41 Å². The molecule has 0 fully saturated rings. The zero-order chi connectivity index (χ0) is 19.6. The highest BCUT2D eigenvalue weighted by Crippen LogP contribution is 2.55. The van der Waals surface area contributed by atoms with E-state index in [1.54, 1.807) is 39.5 Å². The van der Waals surface area contributed by atoms with E-state index in [-0.39, 0.29) is 11.9 Å². The van der Waals surface area contributed by atoms with Crippen LogP contribution in [-0.2, 0) is 4.79 Å². The number of ether oxygens (including phenoxy) is 4. The standard InChI is InChI=1S/C22H24O5/c1-6-10-22(2)20(14-8-7-9-15(11-14)24-3)19-17(26-5)12-16(25-4)13-18(19)27-21(22)23/h6-9,11-13,20H,1,10H2,2-5H3/t20-,22+/m1/s1. The van der Waals surface area contributed by atoms with Crippen molar-refractivity contribution < 1.29 is 23.7 Å². The Morgan fingerprint density at radius 3 is 2.48 bits per heavy atom. The van der Waals surface area contributed by atoms with Gasteiger partial charge in [-0.1, -0.05) is 18.2 Å². The van der Waals surface area contributed by atoms with Crippen molar-refractivity contribution in [2.24, 2.45) is 5.41 Å². The molecule has 0 saturated carbocycles. The number of hydrogen-bond acceptors (Lipinski definition) is 5. The Bertz CT molecular complexity index is 873. The van der Waals surface area contributed by atoms with Crippen LogP contribution >= 0.6 is 0 Å². The molecule has 1 aliphatic heterocycles. The second kappa shape index (κ2) is 7.35. The van der Waals surface area contributed by atoms with Crippen LogP contribution < -0.4 is 18.9 Å². The van der Waals surface area contributed by atoms with Crippen molar-refractivity contribution in [3.05, 3.63) is 60.2 Å². The molecule has 0 bridgehead atoms. The van der Waals surface area contributed by atoms with Gasteiger partial charge in [-0.3, -0.25) is 4.79 Å². The number of methoxy groups -OCH3 is 3. The number of allylic oxidation sites excluding steroid dienone is 1.